The molecule has 0 spiro atoms. The van der Waals surface area contributed by atoms with Crippen LogP contribution in [-0.2, 0) is 0 Å². The molecular formula is C11H13Br2NO2S. The van der Waals surface area contributed by atoms with Crippen molar-refractivity contribution in [1.82, 2.24) is 5.32 Å². The van der Waals surface area contributed by atoms with Gasteiger partial charge < -0.3 is 10.4 Å². The normalized spacial score (nSPS) is 26.4. The Hall–Kier alpha value is 0.0900. The van der Waals surface area contributed by atoms with Gasteiger partial charge in [0.25, 0.3) is 5.91 Å². The van der Waals surface area contributed by atoms with Crippen LogP contribution in [0.3, 0.4) is 0 Å². The molecule has 1 aliphatic rings. The Morgan fingerprint density at radius 2 is 2.24 bits per heavy atom. The van der Waals surface area contributed by atoms with Gasteiger partial charge in [0.15, 0.2) is 0 Å². The zero-order valence-electron chi connectivity index (χ0n) is 9.46. The maximum absolute atomic E-state index is 12.0. The summed E-state index contributed by atoms with van der Waals surface area (Å²) < 4.78 is 1.74. The molecule has 2 atom stereocenters. The molecule has 1 fully saturated rings. The third-order valence-electron chi connectivity index (χ3n) is 3.42. The van der Waals surface area contributed by atoms with Crippen LogP contribution in [0.1, 0.15) is 30.6 Å². The van der Waals surface area contributed by atoms with Crippen molar-refractivity contribution < 1.29 is 9.90 Å². The van der Waals surface area contributed by atoms with E-state index in [0.29, 0.717) is 12.0 Å². The number of aliphatic hydroxyl groups is 1. The lowest BCUT2D eigenvalue weighted by Crippen LogP contribution is -2.61. The van der Waals surface area contributed by atoms with Gasteiger partial charge in [-0.25, -0.2) is 0 Å². The molecule has 0 aromatic carbocycles. The molecule has 1 aliphatic carbocycles. The molecule has 3 nitrogen and oxygen atoms in total. The van der Waals surface area contributed by atoms with Gasteiger partial charge in [-0.1, -0.05) is 13.8 Å². The van der Waals surface area contributed by atoms with Gasteiger partial charge in [0.1, 0.15) is 0 Å². The van der Waals surface area contributed by atoms with E-state index in [4.69, 9.17) is 0 Å². The molecule has 0 saturated heterocycles. The number of carbonyl (C=O) groups is 1. The molecule has 0 aliphatic heterocycles. The molecule has 1 aromatic heterocycles. The molecule has 94 valence electrons. The topological polar surface area (TPSA) is 49.3 Å². The van der Waals surface area contributed by atoms with Gasteiger partial charge in [0.2, 0.25) is 0 Å². The number of hydrogen-bond donors (Lipinski definition) is 2. The van der Waals surface area contributed by atoms with Crippen molar-refractivity contribution in [3.05, 3.63) is 19.2 Å². The highest BCUT2D eigenvalue weighted by Gasteiger charge is 2.48. The van der Waals surface area contributed by atoms with E-state index in [-0.39, 0.29) is 23.5 Å². The maximum atomic E-state index is 12.0. The average Bonchev–Trinajstić information content (AvgIpc) is 2.57. The van der Waals surface area contributed by atoms with Gasteiger partial charge >= 0.3 is 0 Å². The van der Waals surface area contributed by atoms with Crippen molar-refractivity contribution in [1.29, 1.82) is 0 Å². The Kier molecular flexibility index (Phi) is 3.69. The quantitative estimate of drug-likeness (QED) is 0.825. The third-order valence-corrected chi connectivity index (χ3v) is 5.76. The van der Waals surface area contributed by atoms with Crippen LogP contribution in [0.15, 0.2) is 13.6 Å². The SMILES string of the molecule is CC1(C)C(O)CC1NC(=O)c1cc(Br)sc1Br. The second kappa shape index (κ2) is 4.64. The van der Waals surface area contributed by atoms with E-state index in [9.17, 15) is 9.90 Å². The fraction of sp³-hybridized carbons (Fsp3) is 0.545. The number of amides is 1. The van der Waals surface area contributed by atoms with Gasteiger partial charge in [-0.2, -0.15) is 0 Å². The number of carbonyl (C=O) groups excluding carboxylic acids is 1. The lowest BCUT2D eigenvalue weighted by molar-refractivity contribution is -0.0689. The molecule has 2 N–H and O–H groups in total. The summed E-state index contributed by atoms with van der Waals surface area (Å²) in [5.41, 5.74) is 0.397. The number of aliphatic hydroxyl groups excluding tert-OH is 1. The number of hydrogen-bond acceptors (Lipinski definition) is 3. The second-order valence-electron chi connectivity index (χ2n) is 4.84. The van der Waals surface area contributed by atoms with Crippen molar-refractivity contribution in [2.75, 3.05) is 0 Å². The van der Waals surface area contributed by atoms with E-state index in [1.807, 2.05) is 13.8 Å². The summed E-state index contributed by atoms with van der Waals surface area (Å²) in [5, 5.41) is 12.6. The molecule has 1 amide bonds. The van der Waals surface area contributed by atoms with Crippen LogP contribution >= 0.6 is 43.2 Å². The summed E-state index contributed by atoms with van der Waals surface area (Å²) in [6, 6.07) is 1.84. The van der Waals surface area contributed by atoms with Crippen LogP contribution in [0, 0.1) is 5.41 Å². The summed E-state index contributed by atoms with van der Waals surface area (Å²) in [4.78, 5) is 12.0. The fourth-order valence-electron chi connectivity index (χ4n) is 1.88. The smallest absolute Gasteiger partial charge is 0.253 e. The molecule has 1 aromatic rings. The van der Waals surface area contributed by atoms with Crippen LogP contribution in [-0.4, -0.2) is 23.2 Å². The Balaban J connectivity index is 2.06. The molecular weight excluding hydrogens is 370 g/mol. The lowest BCUT2D eigenvalue weighted by Gasteiger charge is -2.49. The summed E-state index contributed by atoms with van der Waals surface area (Å²) in [5.74, 6) is -0.0937. The van der Waals surface area contributed by atoms with Gasteiger partial charge in [-0.3, -0.25) is 4.79 Å². The first-order valence-electron chi connectivity index (χ1n) is 5.26. The predicted molar refractivity (Wildman–Crippen MR) is 75.4 cm³/mol. The van der Waals surface area contributed by atoms with E-state index < -0.39 is 0 Å². The van der Waals surface area contributed by atoms with Gasteiger partial charge in [0, 0.05) is 11.5 Å². The van der Waals surface area contributed by atoms with Crippen molar-refractivity contribution in [2.45, 2.75) is 32.4 Å². The second-order valence-corrected chi connectivity index (χ2v) is 8.59. The third kappa shape index (κ3) is 2.45. The standard InChI is InChI=1S/C11H13Br2NO2S/c1-11(2)6(4-7(11)15)14-10(16)5-3-8(12)17-9(5)13/h3,6-7,15H,4H2,1-2H3,(H,14,16). The van der Waals surface area contributed by atoms with Crippen molar-refractivity contribution >= 4 is 49.1 Å². The molecule has 2 rings (SSSR count). The molecule has 17 heavy (non-hydrogen) atoms. The molecule has 2 unspecified atom stereocenters. The number of halogens is 2. The Labute approximate surface area is 121 Å². The van der Waals surface area contributed by atoms with Gasteiger partial charge in [-0.05, 0) is 44.3 Å². The van der Waals surface area contributed by atoms with E-state index in [2.05, 4.69) is 37.2 Å². The van der Waals surface area contributed by atoms with Crippen LogP contribution in [0.2, 0.25) is 0 Å². The first-order chi connectivity index (χ1) is 7.82. The first-order valence-corrected chi connectivity index (χ1v) is 7.66. The minimum atomic E-state index is -0.328. The zero-order valence-corrected chi connectivity index (χ0v) is 13.4. The minimum Gasteiger partial charge on any atom is -0.392 e. The molecule has 1 saturated carbocycles. The first kappa shape index (κ1) is 13.5. The minimum absolute atomic E-state index is 0.0376. The number of rotatable bonds is 2. The summed E-state index contributed by atoms with van der Waals surface area (Å²) >= 11 is 8.19. The van der Waals surface area contributed by atoms with Crippen LogP contribution < -0.4 is 5.32 Å². The Bertz CT molecular complexity index is 458. The monoisotopic (exact) mass is 381 g/mol. The van der Waals surface area contributed by atoms with E-state index in [1.54, 1.807) is 6.07 Å². The Morgan fingerprint density at radius 3 is 2.65 bits per heavy atom. The average molecular weight is 383 g/mol. The predicted octanol–water partition coefficient (Wildman–Crippen LogP) is 3.16. The summed E-state index contributed by atoms with van der Waals surface area (Å²) in [6.07, 6.45) is 0.298. The highest BCUT2D eigenvalue weighted by molar-refractivity contribution is 9.12. The zero-order chi connectivity index (χ0) is 12.8. The lowest BCUT2D eigenvalue weighted by atomic mass is 9.64. The molecule has 0 radical (unpaired) electrons. The molecule has 6 heteroatoms. The highest BCUT2D eigenvalue weighted by Crippen LogP contribution is 2.41. The van der Waals surface area contributed by atoms with Crippen molar-refractivity contribution in [3.8, 4) is 0 Å². The van der Waals surface area contributed by atoms with Crippen molar-refractivity contribution in [2.24, 2.45) is 5.41 Å². The van der Waals surface area contributed by atoms with E-state index >= 15 is 0 Å². The van der Waals surface area contributed by atoms with Gasteiger partial charge in [-0.15, -0.1) is 11.3 Å². The largest absolute Gasteiger partial charge is 0.392 e. The summed E-state index contributed by atoms with van der Waals surface area (Å²) in [7, 11) is 0. The summed E-state index contributed by atoms with van der Waals surface area (Å²) in [6.45, 7) is 3.93. The van der Waals surface area contributed by atoms with E-state index in [0.717, 1.165) is 7.57 Å². The number of thiophene rings is 1. The van der Waals surface area contributed by atoms with Crippen LogP contribution in [0.4, 0.5) is 0 Å². The molecule has 0 bridgehead atoms. The molecule has 1 heterocycles. The highest BCUT2D eigenvalue weighted by atomic mass is 79.9. The van der Waals surface area contributed by atoms with Crippen molar-refractivity contribution in [3.63, 3.8) is 0 Å². The number of nitrogens with one attached hydrogen (secondary N) is 1. The van der Waals surface area contributed by atoms with Gasteiger partial charge in [0.05, 0.1) is 19.2 Å². The fourth-order valence-corrected chi connectivity index (χ4v) is 4.67. The Morgan fingerprint density at radius 1 is 1.59 bits per heavy atom. The van der Waals surface area contributed by atoms with E-state index in [1.165, 1.54) is 11.3 Å². The van der Waals surface area contributed by atoms with Crippen LogP contribution in [0.25, 0.3) is 0 Å². The van der Waals surface area contributed by atoms with Crippen LogP contribution in [0.5, 0.6) is 0 Å². The maximum Gasteiger partial charge on any atom is 0.253 e.